The molecule has 3 atom stereocenters. The highest BCUT2D eigenvalue weighted by atomic mass is 16.7. The van der Waals surface area contributed by atoms with Gasteiger partial charge in [0.1, 0.15) is 0 Å². The normalized spacial score (nSPS) is 48.5. The molecule has 17 heavy (non-hydrogen) atoms. The molecular weight excluding hydrogens is 220 g/mol. The minimum absolute atomic E-state index is 0.174. The van der Waals surface area contributed by atoms with Gasteiger partial charge in [0, 0.05) is 24.9 Å². The first-order valence-electron chi connectivity index (χ1n) is 6.65. The van der Waals surface area contributed by atoms with Crippen molar-refractivity contribution in [1.82, 2.24) is 0 Å². The van der Waals surface area contributed by atoms with E-state index in [-0.39, 0.29) is 17.9 Å². The van der Waals surface area contributed by atoms with Crippen molar-refractivity contribution in [3.05, 3.63) is 0 Å². The lowest BCUT2D eigenvalue weighted by Crippen LogP contribution is -2.56. The second-order valence-electron chi connectivity index (χ2n) is 6.15. The van der Waals surface area contributed by atoms with Gasteiger partial charge < -0.3 is 19.7 Å². The van der Waals surface area contributed by atoms with Crippen molar-refractivity contribution in [3.63, 3.8) is 0 Å². The van der Waals surface area contributed by atoms with Crippen LogP contribution in [0.25, 0.3) is 0 Å². The van der Waals surface area contributed by atoms with Gasteiger partial charge in [0.15, 0.2) is 5.79 Å². The molecule has 1 aliphatic heterocycles. The first-order valence-corrected chi connectivity index (χ1v) is 6.65. The number of aliphatic hydroxyl groups is 2. The highest BCUT2D eigenvalue weighted by molar-refractivity contribution is 5.11. The third kappa shape index (κ3) is 1.51. The summed E-state index contributed by atoms with van der Waals surface area (Å²) in [5.41, 5.74) is -0.911. The van der Waals surface area contributed by atoms with Crippen LogP contribution in [0.5, 0.6) is 0 Å². The Hall–Kier alpha value is -0.160. The van der Waals surface area contributed by atoms with Crippen molar-refractivity contribution in [2.45, 2.75) is 50.4 Å². The van der Waals surface area contributed by atoms with Crippen LogP contribution >= 0.6 is 0 Å². The van der Waals surface area contributed by atoms with E-state index in [1.807, 2.05) is 0 Å². The molecular formula is C13H22O4. The Morgan fingerprint density at radius 1 is 1.18 bits per heavy atom. The number of ether oxygens (including phenoxy) is 2. The fourth-order valence-electron chi connectivity index (χ4n) is 4.14. The highest BCUT2D eigenvalue weighted by Gasteiger charge is 2.63. The molecule has 0 unspecified atom stereocenters. The molecule has 3 rings (SSSR count). The molecule has 1 saturated heterocycles. The number of aliphatic hydroxyl groups excluding tert-OH is 1. The third-order valence-corrected chi connectivity index (χ3v) is 5.49. The number of hydrogen-bond donors (Lipinski definition) is 2. The zero-order chi connectivity index (χ0) is 12.1. The van der Waals surface area contributed by atoms with E-state index in [0.717, 1.165) is 25.7 Å². The highest BCUT2D eigenvalue weighted by Crippen LogP contribution is 2.60. The molecule has 0 radical (unpaired) electrons. The van der Waals surface area contributed by atoms with Crippen molar-refractivity contribution >= 4 is 0 Å². The maximum absolute atomic E-state index is 10.9. The Labute approximate surface area is 102 Å². The Morgan fingerprint density at radius 3 is 2.53 bits per heavy atom. The van der Waals surface area contributed by atoms with Crippen molar-refractivity contribution in [2.75, 3.05) is 19.8 Å². The van der Waals surface area contributed by atoms with Crippen LogP contribution in [0.15, 0.2) is 0 Å². The summed E-state index contributed by atoms with van der Waals surface area (Å²) >= 11 is 0. The number of fused-ring (bicyclic) bond motifs is 1. The fraction of sp³-hybridized carbons (Fsp3) is 1.00. The lowest BCUT2D eigenvalue weighted by Gasteiger charge is -2.51. The molecule has 2 aliphatic carbocycles. The molecule has 3 aliphatic rings. The van der Waals surface area contributed by atoms with Crippen LogP contribution in [-0.4, -0.2) is 41.4 Å². The number of hydrogen-bond acceptors (Lipinski definition) is 4. The SMILES string of the molecule is C[C@]12CCC3(C[C@@]1(O)CC[C@@H]2CO)OCCO3. The molecule has 98 valence electrons. The monoisotopic (exact) mass is 242 g/mol. The quantitative estimate of drug-likeness (QED) is 0.721. The summed E-state index contributed by atoms with van der Waals surface area (Å²) in [6.45, 7) is 3.56. The van der Waals surface area contributed by atoms with Gasteiger partial charge in [-0.1, -0.05) is 6.92 Å². The molecule has 4 heteroatoms. The van der Waals surface area contributed by atoms with Crippen LogP contribution in [0.4, 0.5) is 0 Å². The zero-order valence-corrected chi connectivity index (χ0v) is 10.4. The number of rotatable bonds is 1. The Kier molecular flexibility index (Phi) is 2.57. The van der Waals surface area contributed by atoms with E-state index in [4.69, 9.17) is 9.47 Å². The van der Waals surface area contributed by atoms with Gasteiger partial charge in [-0.3, -0.25) is 0 Å². The molecule has 0 amide bonds. The van der Waals surface area contributed by atoms with Gasteiger partial charge in [0.25, 0.3) is 0 Å². The summed E-state index contributed by atoms with van der Waals surface area (Å²) in [6, 6.07) is 0. The Morgan fingerprint density at radius 2 is 1.88 bits per heavy atom. The summed E-state index contributed by atoms with van der Waals surface area (Å²) in [6.07, 6.45) is 3.92. The second-order valence-corrected chi connectivity index (χ2v) is 6.15. The minimum Gasteiger partial charge on any atom is -0.396 e. The maximum atomic E-state index is 10.9. The lowest BCUT2D eigenvalue weighted by molar-refractivity contribution is -0.250. The summed E-state index contributed by atoms with van der Waals surface area (Å²) in [7, 11) is 0. The molecule has 0 aromatic carbocycles. The van der Waals surface area contributed by atoms with Crippen molar-refractivity contribution in [2.24, 2.45) is 11.3 Å². The van der Waals surface area contributed by atoms with Gasteiger partial charge >= 0.3 is 0 Å². The summed E-state index contributed by atoms with van der Waals surface area (Å²) in [5.74, 6) is -0.329. The summed E-state index contributed by atoms with van der Waals surface area (Å²) in [5, 5.41) is 20.4. The van der Waals surface area contributed by atoms with Crippen molar-refractivity contribution < 1.29 is 19.7 Å². The molecule has 0 aromatic heterocycles. The predicted octanol–water partition coefficient (Wildman–Crippen LogP) is 1.05. The third-order valence-electron chi connectivity index (χ3n) is 5.49. The standard InChI is InChI=1S/C13H22O4/c1-11-4-5-13(16-6-7-17-13)9-12(11,15)3-2-10(11)8-14/h10,14-15H,2-9H2,1H3/t10-,11-,12+/m1/s1. The van der Waals surface area contributed by atoms with E-state index in [9.17, 15) is 10.2 Å². The van der Waals surface area contributed by atoms with Crippen LogP contribution in [0.1, 0.15) is 39.0 Å². The topological polar surface area (TPSA) is 58.9 Å². The van der Waals surface area contributed by atoms with E-state index in [1.54, 1.807) is 0 Å². The molecule has 2 saturated carbocycles. The van der Waals surface area contributed by atoms with Gasteiger partial charge in [-0.2, -0.15) is 0 Å². The van der Waals surface area contributed by atoms with Crippen LogP contribution in [0, 0.1) is 11.3 Å². The molecule has 1 spiro atoms. The van der Waals surface area contributed by atoms with E-state index in [0.29, 0.717) is 19.6 Å². The maximum Gasteiger partial charge on any atom is 0.171 e. The fourth-order valence-corrected chi connectivity index (χ4v) is 4.14. The Bertz CT molecular complexity index is 313. The average Bonchev–Trinajstić information content (AvgIpc) is 2.83. The summed E-state index contributed by atoms with van der Waals surface area (Å²) < 4.78 is 11.4. The van der Waals surface area contributed by atoms with E-state index in [1.165, 1.54) is 0 Å². The van der Waals surface area contributed by atoms with Crippen LogP contribution in [0.2, 0.25) is 0 Å². The smallest absolute Gasteiger partial charge is 0.171 e. The van der Waals surface area contributed by atoms with E-state index < -0.39 is 11.4 Å². The average molecular weight is 242 g/mol. The predicted molar refractivity (Wildman–Crippen MR) is 61.4 cm³/mol. The lowest BCUT2D eigenvalue weighted by atomic mass is 9.61. The van der Waals surface area contributed by atoms with Gasteiger partial charge in [-0.05, 0) is 25.2 Å². The van der Waals surface area contributed by atoms with Crippen molar-refractivity contribution in [1.29, 1.82) is 0 Å². The zero-order valence-electron chi connectivity index (χ0n) is 10.4. The van der Waals surface area contributed by atoms with Crippen molar-refractivity contribution in [3.8, 4) is 0 Å². The molecule has 3 fully saturated rings. The van der Waals surface area contributed by atoms with Gasteiger partial charge in [-0.25, -0.2) is 0 Å². The molecule has 1 heterocycles. The first kappa shape index (κ1) is 11.9. The van der Waals surface area contributed by atoms with Gasteiger partial charge in [0.05, 0.1) is 18.8 Å². The van der Waals surface area contributed by atoms with E-state index in [2.05, 4.69) is 6.92 Å². The molecule has 0 aromatic rings. The molecule has 0 bridgehead atoms. The largest absolute Gasteiger partial charge is 0.396 e. The van der Waals surface area contributed by atoms with Crippen LogP contribution in [0.3, 0.4) is 0 Å². The van der Waals surface area contributed by atoms with E-state index >= 15 is 0 Å². The van der Waals surface area contributed by atoms with Crippen LogP contribution < -0.4 is 0 Å². The first-order chi connectivity index (χ1) is 8.04. The molecule has 2 N–H and O–H groups in total. The van der Waals surface area contributed by atoms with Gasteiger partial charge in [0.2, 0.25) is 0 Å². The summed E-state index contributed by atoms with van der Waals surface area (Å²) in [4.78, 5) is 0. The van der Waals surface area contributed by atoms with Gasteiger partial charge in [-0.15, -0.1) is 0 Å². The Balaban J connectivity index is 1.87. The van der Waals surface area contributed by atoms with Crippen LogP contribution in [-0.2, 0) is 9.47 Å². The minimum atomic E-state index is -0.733. The molecule has 4 nitrogen and oxygen atoms in total. The second kappa shape index (κ2) is 3.67.